The van der Waals surface area contributed by atoms with Crippen molar-refractivity contribution in [2.45, 2.75) is 13.3 Å². The van der Waals surface area contributed by atoms with Gasteiger partial charge in [0.15, 0.2) is 17.3 Å². The number of nitrogens with zero attached hydrogens (tertiary/aromatic N) is 1. The first-order valence-corrected chi connectivity index (χ1v) is 9.32. The van der Waals surface area contributed by atoms with Crippen LogP contribution in [0.25, 0.3) is 10.6 Å². The van der Waals surface area contributed by atoms with E-state index < -0.39 is 0 Å². The van der Waals surface area contributed by atoms with Crippen LogP contribution in [-0.4, -0.2) is 23.5 Å². The maximum Gasteiger partial charge on any atom is 0.231 e. The lowest BCUT2D eigenvalue weighted by Crippen LogP contribution is -2.16. The topological polar surface area (TPSA) is 77.5 Å². The number of anilines is 1. The fourth-order valence-corrected chi connectivity index (χ4v) is 3.63. The van der Waals surface area contributed by atoms with Crippen LogP contribution >= 0.6 is 11.3 Å². The van der Waals surface area contributed by atoms with Gasteiger partial charge in [0.2, 0.25) is 12.7 Å². The van der Waals surface area contributed by atoms with Crippen LogP contribution in [0.4, 0.5) is 10.1 Å². The monoisotopic (exact) mass is 398 g/mol. The van der Waals surface area contributed by atoms with Crippen LogP contribution in [0, 0.1) is 5.82 Å². The molecule has 0 bridgehead atoms. The molecular weight excluding hydrogens is 383 g/mol. The Morgan fingerprint density at radius 1 is 1.18 bits per heavy atom. The Hall–Kier alpha value is -3.26. The minimum absolute atomic E-state index is 0.0451. The molecule has 0 unspecified atom stereocenters. The van der Waals surface area contributed by atoms with Crippen molar-refractivity contribution >= 4 is 28.7 Å². The number of carbonyl (C=O) groups is 2. The van der Waals surface area contributed by atoms with Gasteiger partial charge >= 0.3 is 0 Å². The molecular formula is C20H15FN2O4S. The first kappa shape index (κ1) is 18.1. The maximum absolute atomic E-state index is 13.0. The summed E-state index contributed by atoms with van der Waals surface area (Å²) in [7, 11) is 0. The molecule has 28 heavy (non-hydrogen) atoms. The second-order valence-electron chi connectivity index (χ2n) is 6.18. The second-order valence-corrected chi connectivity index (χ2v) is 7.04. The molecule has 2 aromatic carbocycles. The molecule has 1 N–H and O–H groups in total. The summed E-state index contributed by atoms with van der Waals surface area (Å²) in [6.45, 7) is 1.50. The minimum atomic E-state index is -0.315. The lowest BCUT2D eigenvalue weighted by Gasteiger charge is -2.10. The van der Waals surface area contributed by atoms with Crippen molar-refractivity contribution in [2.24, 2.45) is 0 Å². The Labute approximate surface area is 163 Å². The third-order valence-electron chi connectivity index (χ3n) is 4.15. The fraction of sp³-hybridized carbons (Fsp3) is 0.150. The zero-order valence-corrected chi connectivity index (χ0v) is 15.6. The minimum Gasteiger partial charge on any atom is -0.454 e. The van der Waals surface area contributed by atoms with Gasteiger partial charge in [0.1, 0.15) is 10.8 Å². The molecule has 0 saturated carbocycles. The molecule has 3 aromatic rings. The average molecular weight is 398 g/mol. The summed E-state index contributed by atoms with van der Waals surface area (Å²) in [5.41, 5.74) is 2.10. The first-order valence-electron chi connectivity index (χ1n) is 8.44. The van der Waals surface area contributed by atoms with Crippen LogP contribution in [0.2, 0.25) is 0 Å². The van der Waals surface area contributed by atoms with Gasteiger partial charge in [0, 0.05) is 22.6 Å². The summed E-state index contributed by atoms with van der Waals surface area (Å²) < 4.78 is 23.6. The van der Waals surface area contributed by atoms with Crippen molar-refractivity contribution in [3.8, 4) is 22.1 Å². The predicted octanol–water partition coefficient (Wildman–Crippen LogP) is 4.06. The van der Waals surface area contributed by atoms with Crippen LogP contribution in [0.15, 0.2) is 41.8 Å². The molecule has 8 heteroatoms. The maximum atomic E-state index is 13.0. The number of carbonyl (C=O) groups excluding carboxylic acids is 2. The molecule has 6 nitrogen and oxygen atoms in total. The molecule has 0 atom stereocenters. The van der Waals surface area contributed by atoms with Crippen molar-refractivity contribution < 1.29 is 23.5 Å². The van der Waals surface area contributed by atoms with Gasteiger partial charge in [-0.15, -0.1) is 11.3 Å². The molecule has 1 aliphatic heterocycles. The smallest absolute Gasteiger partial charge is 0.231 e. The number of amides is 1. The molecule has 0 saturated heterocycles. The molecule has 2 heterocycles. The lowest BCUT2D eigenvalue weighted by molar-refractivity contribution is -0.115. The number of hydrogen-bond donors (Lipinski definition) is 1. The highest BCUT2D eigenvalue weighted by Gasteiger charge is 2.20. The number of rotatable bonds is 5. The second kappa shape index (κ2) is 7.40. The number of nitrogens with one attached hydrogen (secondary N) is 1. The highest BCUT2D eigenvalue weighted by Crippen LogP contribution is 2.37. The molecule has 0 radical (unpaired) electrons. The van der Waals surface area contributed by atoms with Crippen LogP contribution in [-0.2, 0) is 11.2 Å². The van der Waals surface area contributed by atoms with E-state index in [4.69, 9.17) is 9.47 Å². The Balaban J connectivity index is 1.49. The molecule has 142 valence electrons. The van der Waals surface area contributed by atoms with Gasteiger partial charge in [-0.25, -0.2) is 9.37 Å². The average Bonchev–Trinajstić information content (AvgIpc) is 3.30. The van der Waals surface area contributed by atoms with Gasteiger partial charge in [-0.05, 0) is 37.3 Å². The van der Waals surface area contributed by atoms with Gasteiger partial charge in [-0.1, -0.05) is 0 Å². The lowest BCUT2D eigenvalue weighted by atomic mass is 10.1. The normalized spacial score (nSPS) is 12.1. The molecule has 0 fully saturated rings. The quantitative estimate of drug-likeness (QED) is 0.656. The summed E-state index contributed by atoms with van der Waals surface area (Å²) in [6, 6.07) is 9.17. The van der Waals surface area contributed by atoms with E-state index in [2.05, 4.69) is 10.3 Å². The van der Waals surface area contributed by atoms with Gasteiger partial charge in [-0.2, -0.15) is 0 Å². The SMILES string of the molecule is CC(=O)c1cc2c(cc1NC(=O)Cc1csc(-c3ccc(F)cc3)n1)OCO2. The van der Waals surface area contributed by atoms with E-state index in [-0.39, 0.29) is 30.7 Å². The molecule has 4 rings (SSSR count). The van der Waals surface area contributed by atoms with Crippen molar-refractivity contribution in [2.75, 3.05) is 12.1 Å². The van der Waals surface area contributed by atoms with Gasteiger partial charge in [-0.3, -0.25) is 9.59 Å². The number of ketones is 1. The van der Waals surface area contributed by atoms with E-state index in [0.29, 0.717) is 33.5 Å². The molecule has 1 aromatic heterocycles. The van der Waals surface area contributed by atoms with Gasteiger partial charge in [0.05, 0.1) is 17.8 Å². The summed E-state index contributed by atoms with van der Waals surface area (Å²) in [5.74, 6) is 0.141. The largest absolute Gasteiger partial charge is 0.454 e. The number of benzene rings is 2. The van der Waals surface area contributed by atoms with E-state index in [1.165, 1.54) is 30.4 Å². The standard InChI is InChI=1S/C20H15FN2O4S/c1-11(24)15-7-17-18(27-10-26-17)8-16(15)23-19(25)6-14-9-28-20(22-14)12-2-4-13(21)5-3-12/h2-5,7-9H,6,10H2,1H3,(H,23,25). The molecule has 1 aliphatic rings. The highest BCUT2D eigenvalue weighted by atomic mass is 32.1. The first-order chi connectivity index (χ1) is 13.5. The zero-order chi connectivity index (χ0) is 19.7. The number of Topliss-reactive ketones (excluding diaryl/α,β-unsaturated/α-hetero) is 1. The van der Waals surface area contributed by atoms with E-state index in [1.807, 2.05) is 0 Å². The van der Waals surface area contributed by atoms with E-state index >= 15 is 0 Å². The van der Waals surface area contributed by atoms with Crippen LogP contribution in [0.3, 0.4) is 0 Å². The Kier molecular flexibility index (Phi) is 4.79. The predicted molar refractivity (Wildman–Crippen MR) is 102 cm³/mol. The number of fused-ring (bicyclic) bond motifs is 1. The molecule has 0 spiro atoms. The van der Waals surface area contributed by atoms with E-state index in [0.717, 1.165) is 5.56 Å². The van der Waals surface area contributed by atoms with Crippen molar-refractivity contribution in [3.05, 3.63) is 58.9 Å². The number of ether oxygens (including phenoxy) is 2. The Morgan fingerprint density at radius 2 is 1.89 bits per heavy atom. The van der Waals surface area contributed by atoms with Crippen LogP contribution in [0.5, 0.6) is 11.5 Å². The number of thiazole rings is 1. The van der Waals surface area contributed by atoms with Crippen molar-refractivity contribution in [1.82, 2.24) is 4.98 Å². The van der Waals surface area contributed by atoms with E-state index in [1.54, 1.807) is 29.6 Å². The van der Waals surface area contributed by atoms with Crippen molar-refractivity contribution in [3.63, 3.8) is 0 Å². The number of aromatic nitrogens is 1. The Bertz CT molecular complexity index is 1060. The number of hydrogen-bond acceptors (Lipinski definition) is 6. The van der Waals surface area contributed by atoms with Gasteiger partial charge in [0.25, 0.3) is 0 Å². The summed E-state index contributed by atoms with van der Waals surface area (Å²) in [5, 5.41) is 5.23. The molecule has 1 amide bonds. The summed E-state index contributed by atoms with van der Waals surface area (Å²) in [4.78, 5) is 28.8. The molecule has 0 aliphatic carbocycles. The summed E-state index contributed by atoms with van der Waals surface area (Å²) >= 11 is 1.38. The van der Waals surface area contributed by atoms with Crippen LogP contribution in [0.1, 0.15) is 23.0 Å². The zero-order valence-electron chi connectivity index (χ0n) is 14.8. The number of halogens is 1. The van der Waals surface area contributed by atoms with Crippen molar-refractivity contribution in [1.29, 1.82) is 0 Å². The summed E-state index contributed by atoms with van der Waals surface area (Å²) in [6.07, 6.45) is 0.0451. The third kappa shape index (κ3) is 3.72. The van der Waals surface area contributed by atoms with Crippen LogP contribution < -0.4 is 14.8 Å². The Morgan fingerprint density at radius 3 is 2.61 bits per heavy atom. The van der Waals surface area contributed by atoms with Gasteiger partial charge < -0.3 is 14.8 Å². The fourth-order valence-electron chi connectivity index (χ4n) is 2.81. The highest BCUT2D eigenvalue weighted by molar-refractivity contribution is 7.13. The third-order valence-corrected chi connectivity index (χ3v) is 5.09. The van der Waals surface area contributed by atoms with E-state index in [9.17, 15) is 14.0 Å².